The number of hydrogen-bond acceptors (Lipinski definition) is 1. The smallest absolute Gasteiger partial charge is 0.182 e. The Hall–Kier alpha value is -1.49. The number of nitrogens with one attached hydrogen (secondary N) is 1. The number of hydrogen-bond donors (Lipinski definition) is 1. The van der Waals surface area contributed by atoms with Gasteiger partial charge in [0.05, 0.1) is 5.69 Å². The Morgan fingerprint density at radius 2 is 2.06 bits per heavy atom. The Balaban J connectivity index is 2.62. The van der Waals surface area contributed by atoms with E-state index in [9.17, 15) is 8.78 Å². The number of rotatable bonds is 2. The van der Waals surface area contributed by atoms with Crippen molar-refractivity contribution in [3.63, 3.8) is 0 Å². The Bertz CT molecular complexity index is 572. The lowest BCUT2D eigenvalue weighted by Gasteiger charge is -2.06. The van der Waals surface area contributed by atoms with Crippen LogP contribution in [0, 0.1) is 16.4 Å². The van der Waals surface area contributed by atoms with Gasteiger partial charge in [-0.2, -0.15) is 0 Å². The molecular formula is C11H10F2N2S. The van der Waals surface area contributed by atoms with Crippen molar-refractivity contribution in [2.45, 2.75) is 13.3 Å². The summed E-state index contributed by atoms with van der Waals surface area (Å²) in [6, 6.07) is 3.73. The zero-order chi connectivity index (χ0) is 11.7. The minimum absolute atomic E-state index is 0.475. The largest absolute Gasteiger partial charge is 0.337 e. The molecule has 0 spiro atoms. The Morgan fingerprint density at radius 3 is 2.69 bits per heavy atom. The van der Waals surface area contributed by atoms with E-state index >= 15 is 0 Å². The monoisotopic (exact) mass is 240 g/mol. The molecule has 0 unspecified atom stereocenters. The summed E-state index contributed by atoms with van der Waals surface area (Å²) in [6.45, 7) is 1.97. The van der Waals surface area contributed by atoms with Crippen LogP contribution < -0.4 is 0 Å². The molecule has 0 fully saturated rings. The van der Waals surface area contributed by atoms with Gasteiger partial charge in [0.1, 0.15) is 0 Å². The van der Waals surface area contributed by atoms with E-state index in [0.717, 1.165) is 24.2 Å². The van der Waals surface area contributed by atoms with Gasteiger partial charge in [-0.05, 0) is 30.8 Å². The molecule has 0 aliphatic rings. The van der Waals surface area contributed by atoms with E-state index in [-0.39, 0.29) is 0 Å². The van der Waals surface area contributed by atoms with Crippen molar-refractivity contribution in [2.75, 3.05) is 0 Å². The van der Waals surface area contributed by atoms with E-state index in [2.05, 4.69) is 4.98 Å². The average molecular weight is 240 g/mol. The average Bonchev–Trinajstić information content (AvgIpc) is 2.64. The number of H-pyrrole nitrogens is 1. The summed E-state index contributed by atoms with van der Waals surface area (Å²) in [4.78, 5) is 2.88. The van der Waals surface area contributed by atoms with Crippen LogP contribution in [0.15, 0.2) is 24.4 Å². The van der Waals surface area contributed by atoms with Gasteiger partial charge in [0.2, 0.25) is 0 Å². The van der Waals surface area contributed by atoms with Crippen LogP contribution in [-0.2, 0) is 6.42 Å². The lowest BCUT2D eigenvalue weighted by molar-refractivity contribution is 0.508. The van der Waals surface area contributed by atoms with Gasteiger partial charge < -0.3 is 4.98 Å². The standard InChI is InChI=1S/C11H10F2N2S/c1-2-7-6-14-11(16)15(7)8-3-4-9(12)10(13)5-8/h3-6H,2H2,1H3,(H,14,16). The maximum absolute atomic E-state index is 13.1. The molecule has 1 aromatic carbocycles. The molecule has 2 aromatic rings. The molecule has 2 nitrogen and oxygen atoms in total. The van der Waals surface area contributed by atoms with Crippen molar-refractivity contribution < 1.29 is 8.78 Å². The molecule has 84 valence electrons. The fourth-order valence-electron chi connectivity index (χ4n) is 1.57. The maximum Gasteiger partial charge on any atom is 0.182 e. The molecule has 1 N–H and O–H groups in total. The third-order valence-corrected chi connectivity index (χ3v) is 2.68. The summed E-state index contributed by atoms with van der Waals surface area (Å²) in [5, 5.41) is 0. The summed E-state index contributed by atoms with van der Waals surface area (Å²) in [5.41, 5.74) is 1.46. The molecule has 0 saturated carbocycles. The summed E-state index contributed by atoms with van der Waals surface area (Å²) >= 11 is 5.09. The third-order valence-electron chi connectivity index (χ3n) is 2.38. The van der Waals surface area contributed by atoms with Crippen molar-refractivity contribution in [1.29, 1.82) is 0 Å². The number of aromatic amines is 1. The molecule has 2 rings (SSSR count). The molecule has 0 atom stereocenters. The van der Waals surface area contributed by atoms with Gasteiger partial charge in [-0.3, -0.25) is 4.57 Å². The highest BCUT2D eigenvalue weighted by atomic mass is 32.1. The summed E-state index contributed by atoms with van der Waals surface area (Å²) in [5.74, 6) is -1.73. The molecule has 5 heteroatoms. The molecule has 0 aliphatic heterocycles. The normalized spacial score (nSPS) is 10.7. The van der Waals surface area contributed by atoms with Crippen LogP contribution >= 0.6 is 12.2 Å². The van der Waals surface area contributed by atoms with Gasteiger partial charge in [-0.1, -0.05) is 6.92 Å². The van der Waals surface area contributed by atoms with Crippen LogP contribution in [-0.4, -0.2) is 9.55 Å². The fourth-order valence-corrected chi connectivity index (χ4v) is 1.85. The number of aromatic nitrogens is 2. The molecule has 0 radical (unpaired) electrons. The van der Waals surface area contributed by atoms with E-state index in [0.29, 0.717) is 10.5 Å². The van der Waals surface area contributed by atoms with Crippen molar-refractivity contribution in [1.82, 2.24) is 9.55 Å². The Kier molecular flexibility index (Phi) is 2.87. The van der Waals surface area contributed by atoms with Crippen molar-refractivity contribution in [3.05, 3.63) is 46.5 Å². The number of benzene rings is 1. The van der Waals surface area contributed by atoms with E-state index in [1.807, 2.05) is 6.92 Å². The van der Waals surface area contributed by atoms with Crippen LogP contribution in [0.4, 0.5) is 8.78 Å². The van der Waals surface area contributed by atoms with Crippen LogP contribution in [0.5, 0.6) is 0 Å². The molecule has 0 saturated heterocycles. The predicted molar refractivity (Wildman–Crippen MR) is 60.2 cm³/mol. The molecule has 0 aliphatic carbocycles. The van der Waals surface area contributed by atoms with E-state index in [4.69, 9.17) is 12.2 Å². The number of halogens is 2. The van der Waals surface area contributed by atoms with Gasteiger partial charge in [0.15, 0.2) is 16.4 Å². The number of aryl methyl sites for hydroxylation is 1. The lowest BCUT2D eigenvalue weighted by atomic mass is 10.2. The van der Waals surface area contributed by atoms with E-state index in [1.165, 1.54) is 6.07 Å². The quantitative estimate of drug-likeness (QED) is 0.798. The first-order valence-corrected chi connectivity index (χ1v) is 5.29. The van der Waals surface area contributed by atoms with Crippen LogP contribution in [0.25, 0.3) is 5.69 Å². The lowest BCUT2D eigenvalue weighted by Crippen LogP contribution is -2.00. The Labute approximate surface area is 96.5 Å². The minimum Gasteiger partial charge on any atom is -0.337 e. The number of nitrogens with zero attached hydrogens (tertiary/aromatic N) is 1. The second-order valence-electron chi connectivity index (χ2n) is 3.37. The second-order valence-corrected chi connectivity index (χ2v) is 3.76. The van der Waals surface area contributed by atoms with Gasteiger partial charge in [-0.25, -0.2) is 8.78 Å². The first-order chi connectivity index (χ1) is 7.63. The van der Waals surface area contributed by atoms with Crippen molar-refractivity contribution in [3.8, 4) is 5.69 Å². The van der Waals surface area contributed by atoms with Gasteiger partial charge in [-0.15, -0.1) is 0 Å². The third kappa shape index (κ3) is 1.78. The summed E-state index contributed by atoms with van der Waals surface area (Å²) in [7, 11) is 0. The predicted octanol–water partition coefficient (Wildman–Crippen LogP) is 3.38. The fraction of sp³-hybridized carbons (Fsp3) is 0.182. The number of imidazole rings is 1. The van der Waals surface area contributed by atoms with Crippen LogP contribution in [0.2, 0.25) is 0 Å². The van der Waals surface area contributed by atoms with E-state index < -0.39 is 11.6 Å². The highest BCUT2D eigenvalue weighted by molar-refractivity contribution is 7.71. The molecule has 0 amide bonds. The molecule has 1 aromatic heterocycles. The van der Waals surface area contributed by atoms with Gasteiger partial charge in [0.25, 0.3) is 0 Å². The molecule has 0 bridgehead atoms. The molecule has 1 heterocycles. The first kappa shape index (κ1) is 11.0. The van der Waals surface area contributed by atoms with Crippen molar-refractivity contribution >= 4 is 12.2 Å². The van der Waals surface area contributed by atoms with Crippen molar-refractivity contribution in [2.24, 2.45) is 0 Å². The zero-order valence-electron chi connectivity index (χ0n) is 8.63. The molecule has 16 heavy (non-hydrogen) atoms. The summed E-state index contributed by atoms with van der Waals surface area (Å²) in [6.07, 6.45) is 2.52. The topological polar surface area (TPSA) is 20.7 Å². The highest BCUT2D eigenvalue weighted by Crippen LogP contribution is 2.16. The summed E-state index contributed by atoms with van der Waals surface area (Å²) < 4.78 is 28.1. The zero-order valence-corrected chi connectivity index (χ0v) is 9.44. The van der Waals surface area contributed by atoms with E-state index in [1.54, 1.807) is 10.8 Å². The van der Waals surface area contributed by atoms with Crippen LogP contribution in [0.1, 0.15) is 12.6 Å². The Morgan fingerprint density at radius 1 is 1.31 bits per heavy atom. The maximum atomic E-state index is 13.1. The van der Waals surface area contributed by atoms with Gasteiger partial charge >= 0.3 is 0 Å². The first-order valence-electron chi connectivity index (χ1n) is 4.88. The minimum atomic E-state index is -0.873. The van der Waals surface area contributed by atoms with Crippen LogP contribution in [0.3, 0.4) is 0 Å². The molecular weight excluding hydrogens is 230 g/mol. The van der Waals surface area contributed by atoms with Gasteiger partial charge in [0, 0.05) is 18.0 Å². The highest BCUT2D eigenvalue weighted by Gasteiger charge is 2.08. The second kappa shape index (κ2) is 4.17. The SMILES string of the molecule is CCc1c[nH]c(=S)n1-c1ccc(F)c(F)c1.